The van der Waals surface area contributed by atoms with Gasteiger partial charge in [-0.05, 0) is 26.0 Å². The smallest absolute Gasteiger partial charge is 0.319 e. The molecule has 0 bridgehead atoms. The monoisotopic (exact) mass is 277 g/mol. The second-order valence-electron chi connectivity index (χ2n) is 5.16. The molecule has 6 heteroatoms. The minimum Gasteiger partial charge on any atom is -0.506 e. The number of anilines is 1. The number of rotatable bonds is 3. The largest absolute Gasteiger partial charge is 0.506 e. The topological polar surface area (TPSA) is 81.7 Å². The fourth-order valence-electron chi connectivity index (χ4n) is 2.25. The number of para-hydroxylation sites is 2. The number of phenols is 1. The highest BCUT2D eigenvalue weighted by molar-refractivity contribution is 5.91. The maximum atomic E-state index is 11.8. The molecule has 2 rings (SSSR count). The van der Waals surface area contributed by atoms with E-state index in [0.29, 0.717) is 18.7 Å². The molecule has 1 aromatic rings. The highest BCUT2D eigenvalue weighted by Gasteiger charge is 2.31. The van der Waals surface area contributed by atoms with Crippen LogP contribution in [0.5, 0.6) is 5.75 Å². The number of hydrogen-bond donors (Lipinski definition) is 3. The molecule has 1 aromatic carbocycles. The van der Waals surface area contributed by atoms with E-state index in [1.165, 1.54) is 6.07 Å². The molecule has 3 N–H and O–H groups in total. The standard InChI is InChI=1S/C14H19N3O3/c1-9(2)17-8-10(7-13(17)19)15-14(20)16-11-5-3-4-6-12(11)18/h3-6,9-10,18H,7-8H2,1-2H3,(H2,15,16,20). The van der Waals surface area contributed by atoms with Crippen LogP contribution in [0, 0.1) is 0 Å². The van der Waals surface area contributed by atoms with Crippen LogP contribution < -0.4 is 10.6 Å². The van der Waals surface area contributed by atoms with Crippen molar-refractivity contribution in [3.63, 3.8) is 0 Å². The number of benzene rings is 1. The highest BCUT2D eigenvalue weighted by atomic mass is 16.3. The van der Waals surface area contributed by atoms with Crippen LogP contribution in [-0.4, -0.2) is 40.6 Å². The summed E-state index contributed by atoms with van der Waals surface area (Å²) in [5, 5.41) is 14.9. The molecule has 0 aliphatic carbocycles. The average molecular weight is 277 g/mol. The van der Waals surface area contributed by atoms with Crippen LogP contribution in [0.15, 0.2) is 24.3 Å². The van der Waals surface area contributed by atoms with Crippen LogP contribution in [0.4, 0.5) is 10.5 Å². The molecule has 108 valence electrons. The third-order valence-electron chi connectivity index (χ3n) is 3.27. The summed E-state index contributed by atoms with van der Waals surface area (Å²) in [6, 6.07) is 6.01. The molecule has 0 saturated carbocycles. The zero-order valence-corrected chi connectivity index (χ0v) is 11.6. The van der Waals surface area contributed by atoms with Crippen molar-refractivity contribution in [2.24, 2.45) is 0 Å². The van der Waals surface area contributed by atoms with Crippen molar-refractivity contribution in [2.75, 3.05) is 11.9 Å². The van der Waals surface area contributed by atoms with Crippen molar-refractivity contribution >= 4 is 17.6 Å². The molecule has 1 unspecified atom stereocenters. The Morgan fingerprint density at radius 3 is 2.70 bits per heavy atom. The van der Waals surface area contributed by atoms with Gasteiger partial charge in [-0.2, -0.15) is 0 Å². The predicted octanol–water partition coefficient (Wildman–Crippen LogP) is 1.52. The van der Waals surface area contributed by atoms with Crippen LogP contribution in [-0.2, 0) is 4.79 Å². The van der Waals surface area contributed by atoms with Gasteiger partial charge in [-0.1, -0.05) is 12.1 Å². The molecule has 0 radical (unpaired) electrons. The number of amides is 3. The SMILES string of the molecule is CC(C)N1CC(NC(=O)Nc2ccccc2O)CC1=O. The average Bonchev–Trinajstić information content (AvgIpc) is 2.73. The Labute approximate surface area is 117 Å². The minimum absolute atomic E-state index is 0.00829. The molecule has 1 aliphatic heterocycles. The van der Waals surface area contributed by atoms with Crippen LogP contribution >= 0.6 is 0 Å². The molecule has 1 aliphatic rings. The Bertz CT molecular complexity index is 516. The zero-order chi connectivity index (χ0) is 14.7. The number of nitrogens with one attached hydrogen (secondary N) is 2. The maximum Gasteiger partial charge on any atom is 0.319 e. The van der Waals surface area contributed by atoms with Crippen LogP contribution in [0.3, 0.4) is 0 Å². The summed E-state index contributed by atoms with van der Waals surface area (Å²) < 4.78 is 0. The third kappa shape index (κ3) is 3.20. The predicted molar refractivity (Wildman–Crippen MR) is 75.5 cm³/mol. The van der Waals surface area contributed by atoms with Gasteiger partial charge in [0.1, 0.15) is 5.75 Å². The Morgan fingerprint density at radius 1 is 1.40 bits per heavy atom. The quantitative estimate of drug-likeness (QED) is 0.733. The van der Waals surface area contributed by atoms with Gasteiger partial charge in [0.25, 0.3) is 0 Å². The van der Waals surface area contributed by atoms with E-state index in [0.717, 1.165) is 0 Å². The summed E-state index contributed by atoms with van der Waals surface area (Å²) >= 11 is 0. The molecule has 20 heavy (non-hydrogen) atoms. The lowest BCUT2D eigenvalue weighted by molar-refractivity contribution is -0.129. The Kier molecular flexibility index (Phi) is 4.12. The molecule has 6 nitrogen and oxygen atoms in total. The first-order valence-electron chi connectivity index (χ1n) is 6.62. The molecule has 1 heterocycles. The summed E-state index contributed by atoms with van der Waals surface area (Å²) in [5.74, 6) is 0.0572. The second-order valence-corrected chi connectivity index (χ2v) is 5.16. The van der Waals surface area contributed by atoms with Gasteiger partial charge in [-0.3, -0.25) is 4.79 Å². The molecular formula is C14H19N3O3. The normalized spacial score (nSPS) is 18.4. The highest BCUT2D eigenvalue weighted by Crippen LogP contribution is 2.21. The van der Waals surface area contributed by atoms with Crippen molar-refractivity contribution in [3.8, 4) is 5.75 Å². The fourth-order valence-corrected chi connectivity index (χ4v) is 2.25. The van der Waals surface area contributed by atoms with Crippen molar-refractivity contribution in [2.45, 2.75) is 32.4 Å². The van der Waals surface area contributed by atoms with Gasteiger partial charge in [-0.25, -0.2) is 4.79 Å². The number of nitrogens with zero attached hydrogens (tertiary/aromatic N) is 1. The van der Waals surface area contributed by atoms with Gasteiger partial charge < -0.3 is 20.6 Å². The van der Waals surface area contributed by atoms with Gasteiger partial charge >= 0.3 is 6.03 Å². The zero-order valence-electron chi connectivity index (χ0n) is 11.6. The molecule has 1 fully saturated rings. The number of carbonyl (C=O) groups excluding carboxylic acids is 2. The minimum atomic E-state index is -0.421. The lowest BCUT2D eigenvalue weighted by atomic mass is 10.2. The fraction of sp³-hybridized carbons (Fsp3) is 0.429. The molecule has 1 saturated heterocycles. The first kappa shape index (κ1) is 14.2. The van der Waals surface area contributed by atoms with E-state index < -0.39 is 6.03 Å². The van der Waals surface area contributed by atoms with Crippen molar-refractivity contribution in [1.29, 1.82) is 0 Å². The van der Waals surface area contributed by atoms with Crippen LogP contribution in [0.2, 0.25) is 0 Å². The summed E-state index contributed by atoms with van der Waals surface area (Å²) in [5.41, 5.74) is 0.343. The van der Waals surface area contributed by atoms with E-state index in [-0.39, 0.29) is 23.7 Å². The molecular weight excluding hydrogens is 258 g/mol. The van der Waals surface area contributed by atoms with Gasteiger partial charge in [0.15, 0.2) is 0 Å². The number of likely N-dealkylation sites (tertiary alicyclic amines) is 1. The third-order valence-corrected chi connectivity index (χ3v) is 3.27. The number of urea groups is 1. The number of carbonyl (C=O) groups is 2. The van der Waals surface area contributed by atoms with E-state index in [4.69, 9.17) is 0 Å². The molecule has 0 aromatic heterocycles. The van der Waals surface area contributed by atoms with E-state index in [1.807, 2.05) is 13.8 Å². The summed E-state index contributed by atoms with van der Waals surface area (Å²) in [4.78, 5) is 25.3. The molecule has 0 spiro atoms. The van der Waals surface area contributed by atoms with E-state index >= 15 is 0 Å². The number of phenolic OH excluding ortho intramolecular Hbond substituents is 1. The van der Waals surface area contributed by atoms with Crippen molar-refractivity contribution in [1.82, 2.24) is 10.2 Å². The van der Waals surface area contributed by atoms with Gasteiger partial charge in [0.05, 0.1) is 11.7 Å². The van der Waals surface area contributed by atoms with Gasteiger partial charge in [0, 0.05) is 19.0 Å². The van der Waals surface area contributed by atoms with Gasteiger partial charge in [-0.15, -0.1) is 0 Å². The van der Waals surface area contributed by atoms with E-state index in [1.54, 1.807) is 23.1 Å². The lowest BCUT2D eigenvalue weighted by Crippen LogP contribution is -2.40. The summed E-state index contributed by atoms with van der Waals surface area (Å²) in [7, 11) is 0. The van der Waals surface area contributed by atoms with Crippen molar-refractivity contribution < 1.29 is 14.7 Å². The molecule has 1 atom stereocenters. The second kappa shape index (κ2) is 5.81. The van der Waals surface area contributed by atoms with E-state index in [9.17, 15) is 14.7 Å². The lowest BCUT2D eigenvalue weighted by Gasteiger charge is -2.21. The van der Waals surface area contributed by atoms with Gasteiger partial charge in [0.2, 0.25) is 5.91 Å². The summed E-state index contributed by atoms with van der Waals surface area (Å²) in [6.45, 7) is 4.41. The summed E-state index contributed by atoms with van der Waals surface area (Å²) in [6.07, 6.45) is 0.312. The Balaban J connectivity index is 1.90. The molecule has 3 amide bonds. The maximum absolute atomic E-state index is 11.8. The first-order chi connectivity index (χ1) is 9.47. The van der Waals surface area contributed by atoms with Crippen molar-refractivity contribution in [3.05, 3.63) is 24.3 Å². The van der Waals surface area contributed by atoms with Crippen LogP contribution in [0.1, 0.15) is 20.3 Å². The Hall–Kier alpha value is -2.24. The number of aromatic hydroxyl groups is 1. The number of hydrogen-bond acceptors (Lipinski definition) is 3. The van der Waals surface area contributed by atoms with E-state index in [2.05, 4.69) is 10.6 Å². The van der Waals surface area contributed by atoms with Crippen LogP contribution in [0.25, 0.3) is 0 Å². The first-order valence-corrected chi connectivity index (χ1v) is 6.62. The Morgan fingerprint density at radius 2 is 2.10 bits per heavy atom.